The Labute approximate surface area is 140 Å². The summed E-state index contributed by atoms with van der Waals surface area (Å²) in [6.07, 6.45) is 0.236. The summed E-state index contributed by atoms with van der Waals surface area (Å²) in [5.74, 6) is -0.558. The molecule has 120 valence electrons. The normalized spacial score (nSPS) is 10.2. The number of amides is 1. The third kappa shape index (κ3) is 4.83. The first-order chi connectivity index (χ1) is 11.0. The highest BCUT2D eigenvalue weighted by Gasteiger charge is 2.11. The van der Waals surface area contributed by atoms with Crippen LogP contribution >= 0.6 is 11.6 Å². The van der Waals surface area contributed by atoms with Crippen LogP contribution in [0.4, 0.5) is 5.69 Å². The van der Waals surface area contributed by atoms with E-state index in [0.717, 1.165) is 11.1 Å². The number of nitrogens with one attached hydrogen (secondary N) is 1. The number of carbonyl (C=O) groups is 2. The second-order valence-corrected chi connectivity index (χ2v) is 5.54. The van der Waals surface area contributed by atoms with E-state index in [1.54, 1.807) is 37.3 Å². The Morgan fingerprint density at radius 2 is 1.83 bits per heavy atom. The molecule has 0 atom stereocenters. The number of ether oxygens (including phenoxy) is 1. The quantitative estimate of drug-likeness (QED) is 0.842. The molecule has 0 heterocycles. The lowest BCUT2D eigenvalue weighted by atomic mass is 10.1. The largest absolute Gasteiger partial charge is 0.462 e. The van der Waals surface area contributed by atoms with Gasteiger partial charge in [0.25, 0.3) is 0 Å². The van der Waals surface area contributed by atoms with Crippen LogP contribution in [0.2, 0.25) is 5.02 Å². The van der Waals surface area contributed by atoms with Gasteiger partial charge in [0.2, 0.25) is 5.91 Å². The Balaban J connectivity index is 2.09. The van der Waals surface area contributed by atoms with Gasteiger partial charge in [-0.05, 0) is 49.2 Å². The van der Waals surface area contributed by atoms with Crippen molar-refractivity contribution in [1.29, 1.82) is 0 Å². The summed E-state index contributed by atoms with van der Waals surface area (Å²) in [6.45, 7) is 3.93. The Kier molecular flexibility index (Phi) is 5.77. The molecule has 0 aliphatic rings. The van der Waals surface area contributed by atoms with Crippen molar-refractivity contribution in [2.75, 3.05) is 11.9 Å². The maximum Gasteiger partial charge on any atom is 0.338 e. The van der Waals surface area contributed by atoms with Gasteiger partial charge >= 0.3 is 5.97 Å². The van der Waals surface area contributed by atoms with Gasteiger partial charge in [-0.3, -0.25) is 4.79 Å². The summed E-state index contributed by atoms with van der Waals surface area (Å²) in [5.41, 5.74) is 2.77. The molecule has 5 heteroatoms. The molecule has 2 rings (SSSR count). The summed E-state index contributed by atoms with van der Waals surface area (Å²) >= 11 is 5.83. The van der Waals surface area contributed by atoms with Crippen LogP contribution in [0.1, 0.15) is 28.4 Å². The molecule has 0 aliphatic heterocycles. The highest BCUT2D eigenvalue weighted by atomic mass is 35.5. The summed E-state index contributed by atoms with van der Waals surface area (Å²) in [7, 11) is 0. The van der Waals surface area contributed by atoms with Crippen LogP contribution in [-0.2, 0) is 16.0 Å². The van der Waals surface area contributed by atoms with Crippen LogP contribution in [0.5, 0.6) is 0 Å². The lowest BCUT2D eigenvalue weighted by Gasteiger charge is -2.10. The minimum Gasteiger partial charge on any atom is -0.462 e. The van der Waals surface area contributed by atoms with Gasteiger partial charge in [0.05, 0.1) is 18.6 Å². The molecule has 0 saturated carbocycles. The Hall–Kier alpha value is -2.33. The first kappa shape index (κ1) is 17.0. The Morgan fingerprint density at radius 1 is 1.13 bits per heavy atom. The smallest absolute Gasteiger partial charge is 0.338 e. The zero-order valence-corrected chi connectivity index (χ0v) is 13.8. The minimum absolute atomic E-state index is 0.156. The van der Waals surface area contributed by atoms with E-state index in [4.69, 9.17) is 16.3 Å². The van der Waals surface area contributed by atoms with Gasteiger partial charge in [0.15, 0.2) is 0 Å². The molecule has 1 N–H and O–H groups in total. The van der Waals surface area contributed by atoms with Crippen molar-refractivity contribution >= 4 is 29.2 Å². The van der Waals surface area contributed by atoms with E-state index in [1.165, 1.54) is 0 Å². The molecule has 23 heavy (non-hydrogen) atoms. The van der Waals surface area contributed by atoms with Crippen molar-refractivity contribution in [2.45, 2.75) is 20.3 Å². The average molecular weight is 332 g/mol. The fourth-order valence-corrected chi connectivity index (χ4v) is 2.21. The minimum atomic E-state index is -0.402. The molecular weight excluding hydrogens is 314 g/mol. The zero-order chi connectivity index (χ0) is 16.8. The SMILES string of the molecule is CCOC(=O)c1ccc(C)c(NC(=O)Cc2ccc(Cl)cc2)c1. The van der Waals surface area contributed by atoms with Crippen LogP contribution in [0, 0.1) is 6.92 Å². The van der Waals surface area contributed by atoms with Crippen LogP contribution in [0.3, 0.4) is 0 Å². The van der Waals surface area contributed by atoms with Gasteiger partial charge in [-0.1, -0.05) is 29.8 Å². The number of hydrogen-bond acceptors (Lipinski definition) is 3. The third-order valence-electron chi connectivity index (χ3n) is 3.30. The van der Waals surface area contributed by atoms with Gasteiger partial charge in [0.1, 0.15) is 0 Å². The summed E-state index contributed by atoms with van der Waals surface area (Å²) < 4.78 is 4.97. The maximum absolute atomic E-state index is 12.2. The predicted octanol–water partition coefficient (Wildman–Crippen LogP) is 4.01. The van der Waals surface area contributed by atoms with Gasteiger partial charge in [-0.25, -0.2) is 4.79 Å². The average Bonchev–Trinajstić information content (AvgIpc) is 2.52. The molecule has 0 spiro atoms. The van der Waals surface area contributed by atoms with Crippen molar-refractivity contribution < 1.29 is 14.3 Å². The van der Waals surface area contributed by atoms with E-state index < -0.39 is 5.97 Å². The van der Waals surface area contributed by atoms with E-state index in [2.05, 4.69) is 5.32 Å². The van der Waals surface area contributed by atoms with Crippen LogP contribution < -0.4 is 5.32 Å². The molecule has 2 aromatic carbocycles. The molecule has 1 amide bonds. The summed E-state index contributed by atoms with van der Waals surface area (Å²) in [5, 5.41) is 3.46. The number of rotatable bonds is 5. The molecule has 0 saturated heterocycles. The summed E-state index contributed by atoms with van der Waals surface area (Å²) in [4.78, 5) is 23.9. The fourth-order valence-electron chi connectivity index (χ4n) is 2.08. The van der Waals surface area contributed by atoms with Gasteiger partial charge in [-0.2, -0.15) is 0 Å². The molecule has 0 bridgehead atoms. The first-order valence-corrected chi connectivity index (χ1v) is 7.69. The highest BCUT2D eigenvalue weighted by Crippen LogP contribution is 2.18. The van der Waals surface area contributed by atoms with Gasteiger partial charge in [0, 0.05) is 10.7 Å². The fraction of sp³-hybridized carbons (Fsp3) is 0.222. The van der Waals surface area contributed by atoms with E-state index in [9.17, 15) is 9.59 Å². The second-order valence-electron chi connectivity index (χ2n) is 5.10. The Bertz CT molecular complexity index is 711. The number of anilines is 1. The number of halogens is 1. The van der Waals surface area contributed by atoms with Crippen molar-refractivity contribution in [1.82, 2.24) is 0 Å². The lowest BCUT2D eigenvalue weighted by Crippen LogP contribution is -2.16. The van der Waals surface area contributed by atoms with Crippen molar-refractivity contribution in [2.24, 2.45) is 0 Å². The van der Waals surface area contributed by atoms with Crippen LogP contribution in [0.15, 0.2) is 42.5 Å². The highest BCUT2D eigenvalue weighted by molar-refractivity contribution is 6.30. The number of aryl methyl sites for hydroxylation is 1. The topological polar surface area (TPSA) is 55.4 Å². The number of benzene rings is 2. The van der Waals surface area contributed by atoms with Crippen LogP contribution in [0.25, 0.3) is 0 Å². The third-order valence-corrected chi connectivity index (χ3v) is 3.55. The Morgan fingerprint density at radius 3 is 2.48 bits per heavy atom. The van der Waals surface area contributed by atoms with E-state index in [-0.39, 0.29) is 12.3 Å². The van der Waals surface area contributed by atoms with Crippen molar-refractivity contribution in [3.63, 3.8) is 0 Å². The molecule has 2 aromatic rings. The summed E-state index contributed by atoms with van der Waals surface area (Å²) in [6, 6.07) is 12.2. The van der Waals surface area contributed by atoms with Crippen LogP contribution in [-0.4, -0.2) is 18.5 Å². The number of esters is 1. The molecule has 0 fully saturated rings. The number of carbonyl (C=O) groups excluding carboxylic acids is 2. The standard InChI is InChI=1S/C18H18ClNO3/c1-3-23-18(22)14-7-4-12(2)16(11-14)20-17(21)10-13-5-8-15(19)9-6-13/h4-9,11H,3,10H2,1-2H3,(H,20,21). The van der Waals surface area contributed by atoms with Crippen molar-refractivity contribution in [3.8, 4) is 0 Å². The molecule has 0 aromatic heterocycles. The number of hydrogen-bond donors (Lipinski definition) is 1. The van der Waals surface area contributed by atoms with Crippen molar-refractivity contribution in [3.05, 3.63) is 64.2 Å². The van der Waals surface area contributed by atoms with Gasteiger partial charge < -0.3 is 10.1 Å². The zero-order valence-electron chi connectivity index (χ0n) is 13.1. The first-order valence-electron chi connectivity index (χ1n) is 7.31. The molecular formula is C18H18ClNO3. The molecule has 0 unspecified atom stereocenters. The second kappa shape index (κ2) is 7.79. The van der Waals surface area contributed by atoms with E-state index >= 15 is 0 Å². The molecule has 4 nitrogen and oxygen atoms in total. The monoisotopic (exact) mass is 331 g/mol. The van der Waals surface area contributed by atoms with Gasteiger partial charge in [-0.15, -0.1) is 0 Å². The molecule has 0 aliphatic carbocycles. The molecule has 0 radical (unpaired) electrons. The maximum atomic E-state index is 12.2. The van der Waals surface area contributed by atoms with E-state index in [0.29, 0.717) is 22.9 Å². The van der Waals surface area contributed by atoms with E-state index in [1.807, 2.05) is 19.1 Å². The predicted molar refractivity (Wildman–Crippen MR) is 90.9 cm³/mol. The lowest BCUT2D eigenvalue weighted by molar-refractivity contribution is -0.115.